The summed E-state index contributed by atoms with van der Waals surface area (Å²) in [6.07, 6.45) is 50.8. The van der Waals surface area contributed by atoms with Crippen molar-refractivity contribution >= 4 is 5.91 Å². The Hall–Kier alpha value is -2.83. The van der Waals surface area contributed by atoms with Gasteiger partial charge in [-0.3, -0.25) is 4.79 Å². The van der Waals surface area contributed by atoms with E-state index in [-0.39, 0.29) is 18.9 Å². The molecule has 0 aromatic carbocycles. The fourth-order valence-electron chi connectivity index (χ4n) is 9.81. The second-order valence-corrected chi connectivity index (χ2v) is 21.8. The minimum absolute atomic E-state index is 0.191. The number of carbonyl (C=O) groups is 1. The third-order valence-corrected chi connectivity index (χ3v) is 14.8. The Morgan fingerprint density at radius 1 is 0.468 bits per heavy atom. The van der Waals surface area contributed by atoms with E-state index in [1.165, 1.54) is 141 Å². The van der Waals surface area contributed by atoms with E-state index in [0.717, 1.165) is 44.9 Å². The highest BCUT2D eigenvalue weighted by Crippen LogP contribution is 2.30. The van der Waals surface area contributed by atoms with Crippen molar-refractivity contribution in [3.8, 4) is 0 Å². The van der Waals surface area contributed by atoms with Gasteiger partial charge in [-0.1, -0.05) is 234 Å². The van der Waals surface area contributed by atoms with Gasteiger partial charge in [0.1, 0.15) is 48.8 Å². The van der Waals surface area contributed by atoms with Gasteiger partial charge in [0.05, 0.1) is 32.0 Å². The van der Waals surface area contributed by atoms with Crippen molar-refractivity contribution in [3.05, 3.63) is 85.1 Å². The summed E-state index contributed by atoms with van der Waals surface area (Å²) >= 11 is 0. The van der Waals surface area contributed by atoms with Gasteiger partial charge in [-0.05, 0) is 70.6 Å². The Kier molecular flexibility index (Phi) is 45.5. The molecule has 0 spiro atoms. The molecule has 14 nitrogen and oxygen atoms in total. The fourth-order valence-corrected chi connectivity index (χ4v) is 9.81. The molecule has 0 radical (unpaired) electrons. The smallest absolute Gasteiger partial charge is 0.220 e. The first-order valence-corrected chi connectivity index (χ1v) is 31.3. The van der Waals surface area contributed by atoms with E-state index in [1.54, 1.807) is 6.08 Å². The van der Waals surface area contributed by atoms with Gasteiger partial charge in [0.25, 0.3) is 0 Å². The number of ether oxygens (including phenoxy) is 4. The molecule has 12 atom stereocenters. The SMILES string of the molecule is CC/C=C\C/C=C\C/C=C\C/C=C\C/C=C\CCCC(=O)NC(COC1OC(CO)C(OC2OC(CO)C(O)C(O)C2O)C(O)C1O)C(O)/C=C/CC/C=C/CCCCCCCCCCCCCCCCCCCCCCCC. The third kappa shape index (κ3) is 35.0. The number of amides is 1. The van der Waals surface area contributed by atoms with Gasteiger partial charge in [-0.15, -0.1) is 0 Å². The van der Waals surface area contributed by atoms with Crippen LogP contribution in [0.3, 0.4) is 0 Å². The van der Waals surface area contributed by atoms with Gasteiger partial charge in [-0.25, -0.2) is 0 Å². The summed E-state index contributed by atoms with van der Waals surface area (Å²) in [6, 6.07) is -0.967. The molecule has 0 saturated carbocycles. The summed E-state index contributed by atoms with van der Waals surface area (Å²) in [5, 5.41) is 87.1. The molecule has 0 aliphatic carbocycles. The number of unbranched alkanes of at least 4 members (excludes halogenated alkanes) is 24. The van der Waals surface area contributed by atoms with Crippen molar-refractivity contribution in [1.82, 2.24) is 5.32 Å². The molecule has 2 aliphatic rings. The summed E-state index contributed by atoms with van der Waals surface area (Å²) in [4.78, 5) is 13.2. The number of allylic oxidation sites excluding steroid dienone is 13. The molecule has 2 heterocycles. The highest BCUT2D eigenvalue weighted by molar-refractivity contribution is 5.76. The van der Waals surface area contributed by atoms with Gasteiger partial charge in [0.2, 0.25) is 5.91 Å². The Bertz CT molecular complexity index is 1650. The van der Waals surface area contributed by atoms with E-state index in [0.29, 0.717) is 19.3 Å². The quantitative estimate of drug-likeness (QED) is 0.0204. The van der Waals surface area contributed by atoms with Crippen LogP contribution < -0.4 is 5.32 Å². The molecule has 1 amide bonds. The summed E-state index contributed by atoms with van der Waals surface area (Å²) in [6.45, 7) is 2.63. The predicted molar refractivity (Wildman–Crippen MR) is 318 cm³/mol. The number of hydrogen-bond donors (Lipinski definition) is 9. The number of aliphatic hydroxyl groups is 8. The molecule has 2 fully saturated rings. The molecule has 9 N–H and O–H groups in total. The van der Waals surface area contributed by atoms with Crippen LogP contribution in [0.4, 0.5) is 0 Å². The standard InChI is InChI=1S/C65H113NO13/c1-3-5-7-9-11-13-15-17-19-21-22-23-24-25-26-27-28-29-30-31-33-34-36-38-40-42-44-46-48-54(69)53(66-57(70)49-47-45-43-41-39-37-35-32-20-18-16-14-12-10-8-6-4-2)52-76-64-62(75)60(73)63(56(51-68)78-64)79-65-61(74)59(72)58(71)55(50-67)77-65/h6,8,12,14,18,20,35,37-38,40-41,43,46,48,53-56,58-65,67-69,71-75H,3-5,7,9-11,13,15-17,19,21-34,36,39,42,44-45,47,49-52H2,1-2H3,(H,66,70)/b8-6-,14-12-,20-18-,37-35-,40-38+,43-41-,48-46+. The average molecular weight is 1120 g/mol. The molecular weight excluding hydrogens is 1000 g/mol. The van der Waals surface area contributed by atoms with Crippen molar-refractivity contribution in [2.75, 3.05) is 19.8 Å². The molecule has 0 aromatic rings. The zero-order chi connectivity index (χ0) is 57.4. The van der Waals surface area contributed by atoms with Crippen LogP contribution in [0.2, 0.25) is 0 Å². The maximum Gasteiger partial charge on any atom is 0.220 e. The molecular formula is C65H113NO13. The Morgan fingerprint density at radius 3 is 1.39 bits per heavy atom. The van der Waals surface area contributed by atoms with Crippen molar-refractivity contribution < 1.29 is 64.6 Å². The van der Waals surface area contributed by atoms with Gasteiger partial charge in [0, 0.05) is 6.42 Å². The second kappa shape index (κ2) is 49.8. The van der Waals surface area contributed by atoms with E-state index >= 15 is 0 Å². The highest BCUT2D eigenvalue weighted by atomic mass is 16.7. The summed E-state index contributed by atoms with van der Waals surface area (Å²) in [5.41, 5.74) is 0. The Morgan fingerprint density at radius 2 is 0.886 bits per heavy atom. The van der Waals surface area contributed by atoms with Crippen molar-refractivity contribution in [1.29, 1.82) is 0 Å². The molecule has 12 unspecified atom stereocenters. The summed E-state index contributed by atoms with van der Waals surface area (Å²) in [7, 11) is 0. The topological polar surface area (TPSA) is 228 Å². The lowest BCUT2D eigenvalue weighted by atomic mass is 9.97. The molecule has 14 heteroatoms. The first kappa shape index (κ1) is 72.3. The molecule has 2 aliphatic heterocycles. The maximum absolute atomic E-state index is 13.2. The van der Waals surface area contributed by atoms with E-state index in [4.69, 9.17) is 18.9 Å². The van der Waals surface area contributed by atoms with E-state index in [1.807, 2.05) is 12.2 Å². The third-order valence-electron chi connectivity index (χ3n) is 14.8. The first-order chi connectivity index (χ1) is 38.6. The van der Waals surface area contributed by atoms with Crippen LogP contribution in [0.25, 0.3) is 0 Å². The number of nitrogens with one attached hydrogen (secondary N) is 1. The van der Waals surface area contributed by atoms with Gasteiger partial charge in [0.15, 0.2) is 12.6 Å². The molecule has 2 saturated heterocycles. The lowest BCUT2D eigenvalue weighted by Gasteiger charge is -2.46. The fraction of sp³-hybridized carbons (Fsp3) is 0.769. The van der Waals surface area contributed by atoms with Crippen molar-refractivity contribution in [2.45, 2.75) is 299 Å². The number of aliphatic hydroxyl groups excluding tert-OH is 8. The van der Waals surface area contributed by atoms with Crippen molar-refractivity contribution in [2.24, 2.45) is 0 Å². The lowest BCUT2D eigenvalue weighted by Crippen LogP contribution is -2.65. The van der Waals surface area contributed by atoms with Crippen molar-refractivity contribution in [3.63, 3.8) is 0 Å². The molecule has 0 aromatic heterocycles. The number of carbonyl (C=O) groups excluding carboxylic acids is 1. The largest absolute Gasteiger partial charge is 0.394 e. The zero-order valence-corrected chi connectivity index (χ0v) is 49.1. The number of hydrogen-bond acceptors (Lipinski definition) is 13. The molecule has 2 rings (SSSR count). The lowest BCUT2D eigenvalue weighted by molar-refractivity contribution is -0.359. The van der Waals surface area contributed by atoms with Crippen LogP contribution >= 0.6 is 0 Å². The maximum atomic E-state index is 13.2. The number of rotatable bonds is 49. The predicted octanol–water partition coefficient (Wildman–Crippen LogP) is 11.3. The zero-order valence-electron chi connectivity index (χ0n) is 49.1. The highest BCUT2D eigenvalue weighted by Gasteiger charge is 2.51. The van der Waals surface area contributed by atoms with Crippen LogP contribution in [0.5, 0.6) is 0 Å². The van der Waals surface area contributed by atoms with E-state index in [2.05, 4.69) is 86.0 Å². The van der Waals surface area contributed by atoms with Gasteiger partial charge < -0.3 is 65.1 Å². The Balaban J connectivity index is 1.76. The average Bonchev–Trinajstić information content (AvgIpc) is 3.47. The molecule has 0 bridgehead atoms. The minimum Gasteiger partial charge on any atom is -0.394 e. The normalized spacial score (nSPS) is 25.0. The van der Waals surface area contributed by atoms with Crippen LogP contribution in [-0.4, -0.2) is 140 Å². The van der Waals surface area contributed by atoms with Crippen LogP contribution in [-0.2, 0) is 23.7 Å². The van der Waals surface area contributed by atoms with Crippen LogP contribution in [0, 0.1) is 0 Å². The minimum atomic E-state index is -1.80. The van der Waals surface area contributed by atoms with Crippen LogP contribution in [0.15, 0.2) is 85.1 Å². The van der Waals surface area contributed by atoms with E-state index in [9.17, 15) is 45.6 Å². The van der Waals surface area contributed by atoms with Crippen LogP contribution in [0.1, 0.15) is 226 Å². The monoisotopic (exact) mass is 1120 g/mol. The summed E-state index contributed by atoms with van der Waals surface area (Å²) < 4.78 is 22.7. The molecule has 456 valence electrons. The second-order valence-electron chi connectivity index (χ2n) is 21.8. The Labute approximate surface area is 478 Å². The summed E-state index contributed by atoms with van der Waals surface area (Å²) in [5.74, 6) is -0.307. The first-order valence-electron chi connectivity index (χ1n) is 31.3. The van der Waals surface area contributed by atoms with Gasteiger partial charge >= 0.3 is 0 Å². The molecule has 79 heavy (non-hydrogen) atoms. The van der Waals surface area contributed by atoms with E-state index < -0.39 is 86.8 Å². The van der Waals surface area contributed by atoms with Gasteiger partial charge in [-0.2, -0.15) is 0 Å².